The molecule has 0 aliphatic carbocycles. The summed E-state index contributed by atoms with van der Waals surface area (Å²) in [5.41, 5.74) is 0. The topological polar surface area (TPSA) is 15.7 Å². The second kappa shape index (κ2) is 13.9. The quantitative estimate of drug-likeness (QED) is 0.761. The molecule has 0 aromatic heterocycles. The summed E-state index contributed by atoms with van der Waals surface area (Å²) in [4.78, 5) is 4.59. The molecule has 1 saturated heterocycles. The van der Waals surface area contributed by atoms with E-state index in [1.165, 1.54) is 13.1 Å². The lowest BCUT2D eigenvalue weighted by Gasteiger charge is -2.24. The summed E-state index contributed by atoms with van der Waals surface area (Å²) in [5.74, 6) is 0.801. The Labute approximate surface area is 109 Å². The lowest BCUT2D eigenvalue weighted by molar-refractivity contribution is 0.0405. The molecular weight excluding hydrogens is 212 g/mol. The third-order valence-corrected chi connectivity index (χ3v) is 2.28. The van der Waals surface area contributed by atoms with E-state index in [2.05, 4.69) is 44.7 Å². The molecule has 0 bridgehead atoms. The SMILES string of the molecule is CC.CC(C)CN(C)C.CCN1CCOCC1. The van der Waals surface area contributed by atoms with Crippen LogP contribution in [0, 0.1) is 5.92 Å². The maximum absolute atomic E-state index is 5.16. The maximum atomic E-state index is 5.16. The summed E-state index contributed by atoms with van der Waals surface area (Å²) >= 11 is 0. The van der Waals surface area contributed by atoms with Gasteiger partial charge in [0.05, 0.1) is 13.2 Å². The van der Waals surface area contributed by atoms with E-state index >= 15 is 0 Å². The first-order valence-electron chi connectivity index (χ1n) is 7.01. The van der Waals surface area contributed by atoms with Gasteiger partial charge in [-0.3, -0.25) is 4.90 Å². The minimum Gasteiger partial charge on any atom is -0.379 e. The van der Waals surface area contributed by atoms with E-state index < -0.39 is 0 Å². The molecule has 1 fully saturated rings. The van der Waals surface area contributed by atoms with Crippen molar-refractivity contribution in [2.45, 2.75) is 34.6 Å². The molecule has 0 aromatic carbocycles. The molecule has 0 atom stereocenters. The molecule has 1 rings (SSSR count). The van der Waals surface area contributed by atoms with Gasteiger partial charge in [0.25, 0.3) is 0 Å². The Morgan fingerprint density at radius 2 is 1.59 bits per heavy atom. The van der Waals surface area contributed by atoms with Crippen molar-refractivity contribution < 1.29 is 4.74 Å². The van der Waals surface area contributed by atoms with E-state index in [0.29, 0.717) is 0 Å². The lowest BCUT2D eigenvalue weighted by atomic mass is 10.2. The summed E-state index contributed by atoms with van der Waals surface area (Å²) in [7, 11) is 4.19. The van der Waals surface area contributed by atoms with Crippen molar-refractivity contribution in [3.05, 3.63) is 0 Å². The number of likely N-dealkylation sites (N-methyl/N-ethyl adjacent to an activating group) is 1. The monoisotopic (exact) mass is 246 g/mol. The predicted molar refractivity (Wildman–Crippen MR) is 77.7 cm³/mol. The van der Waals surface area contributed by atoms with Crippen LogP contribution >= 0.6 is 0 Å². The molecule has 0 N–H and O–H groups in total. The first kappa shape index (κ1) is 19.2. The largest absolute Gasteiger partial charge is 0.379 e. The third-order valence-electron chi connectivity index (χ3n) is 2.28. The highest BCUT2D eigenvalue weighted by Gasteiger charge is 2.05. The first-order valence-corrected chi connectivity index (χ1v) is 7.01. The van der Waals surface area contributed by atoms with Crippen molar-refractivity contribution in [2.75, 3.05) is 53.5 Å². The van der Waals surface area contributed by atoms with E-state index in [1.807, 2.05) is 13.8 Å². The van der Waals surface area contributed by atoms with Crippen molar-refractivity contribution in [3.8, 4) is 0 Å². The Kier molecular flexibility index (Phi) is 15.8. The van der Waals surface area contributed by atoms with Gasteiger partial charge < -0.3 is 9.64 Å². The molecule has 106 valence electrons. The fourth-order valence-electron chi connectivity index (χ4n) is 1.65. The Balaban J connectivity index is 0. The van der Waals surface area contributed by atoms with Gasteiger partial charge >= 0.3 is 0 Å². The fraction of sp³-hybridized carbons (Fsp3) is 1.00. The predicted octanol–water partition coefficient (Wildman–Crippen LogP) is 2.57. The molecule has 3 heteroatoms. The number of rotatable bonds is 3. The third kappa shape index (κ3) is 15.9. The van der Waals surface area contributed by atoms with Gasteiger partial charge in [0.1, 0.15) is 0 Å². The van der Waals surface area contributed by atoms with Crippen LogP contribution < -0.4 is 0 Å². The van der Waals surface area contributed by atoms with Crippen LogP contribution in [0.5, 0.6) is 0 Å². The minimum absolute atomic E-state index is 0.801. The standard InChI is InChI=1S/C6H13NO.C6H15N.C2H6/c1-2-7-3-5-8-6-4-7;1-6(2)5-7(3)4;1-2/h2-6H2,1H3;6H,5H2,1-4H3;1-2H3. The normalized spacial score (nSPS) is 16.1. The Hall–Kier alpha value is -0.120. The number of nitrogens with zero attached hydrogens (tertiary/aromatic N) is 2. The number of morpholine rings is 1. The smallest absolute Gasteiger partial charge is 0.0594 e. The van der Waals surface area contributed by atoms with Gasteiger partial charge in [-0.05, 0) is 33.1 Å². The fourth-order valence-corrected chi connectivity index (χ4v) is 1.65. The van der Waals surface area contributed by atoms with Gasteiger partial charge in [-0.15, -0.1) is 0 Å². The molecule has 0 spiro atoms. The second-order valence-electron chi connectivity index (χ2n) is 4.70. The molecule has 1 aliphatic rings. The van der Waals surface area contributed by atoms with Crippen molar-refractivity contribution in [1.29, 1.82) is 0 Å². The summed E-state index contributed by atoms with van der Waals surface area (Å²) in [6.07, 6.45) is 0. The van der Waals surface area contributed by atoms with Crippen LogP contribution in [-0.4, -0.2) is 63.3 Å². The van der Waals surface area contributed by atoms with Crippen LogP contribution in [0.3, 0.4) is 0 Å². The minimum atomic E-state index is 0.801. The van der Waals surface area contributed by atoms with Gasteiger partial charge in [0, 0.05) is 13.1 Å². The van der Waals surface area contributed by atoms with Crippen LogP contribution in [0.15, 0.2) is 0 Å². The van der Waals surface area contributed by atoms with Gasteiger partial charge in [0.2, 0.25) is 0 Å². The zero-order valence-corrected chi connectivity index (χ0v) is 13.1. The van der Waals surface area contributed by atoms with Crippen molar-refractivity contribution in [1.82, 2.24) is 9.80 Å². The van der Waals surface area contributed by atoms with Crippen molar-refractivity contribution >= 4 is 0 Å². The lowest BCUT2D eigenvalue weighted by Crippen LogP contribution is -2.35. The highest BCUT2D eigenvalue weighted by molar-refractivity contribution is 4.57. The zero-order chi connectivity index (χ0) is 13.7. The van der Waals surface area contributed by atoms with Gasteiger partial charge in [0.15, 0.2) is 0 Å². The number of hydrogen-bond acceptors (Lipinski definition) is 3. The summed E-state index contributed by atoms with van der Waals surface area (Å²) in [6, 6.07) is 0. The highest BCUT2D eigenvalue weighted by Crippen LogP contribution is 1.93. The van der Waals surface area contributed by atoms with Gasteiger partial charge in [-0.25, -0.2) is 0 Å². The van der Waals surface area contributed by atoms with E-state index in [9.17, 15) is 0 Å². The van der Waals surface area contributed by atoms with E-state index in [4.69, 9.17) is 4.74 Å². The van der Waals surface area contributed by atoms with Gasteiger partial charge in [-0.1, -0.05) is 34.6 Å². The van der Waals surface area contributed by atoms with E-state index in [1.54, 1.807) is 0 Å². The van der Waals surface area contributed by atoms with Gasteiger partial charge in [-0.2, -0.15) is 0 Å². The summed E-state index contributed by atoms with van der Waals surface area (Å²) < 4.78 is 5.16. The van der Waals surface area contributed by atoms with Crippen LogP contribution in [0.2, 0.25) is 0 Å². The summed E-state index contributed by atoms with van der Waals surface area (Å²) in [6.45, 7) is 17.1. The van der Waals surface area contributed by atoms with Crippen LogP contribution in [0.25, 0.3) is 0 Å². The van der Waals surface area contributed by atoms with Crippen molar-refractivity contribution in [3.63, 3.8) is 0 Å². The maximum Gasteiger partial charge on any atom is 0.0594 e. The molecule has 0 saturated carbocycles. The highest BCUT2D eigenvalue weighted by atomic mass is 16.5. The molecular formula is C14H34N2O. The molecule has 3 nitrogen and oxygen atoms in total. The number of ether oxygens (including phenoxy) is 1. The first-order chi connectivity index (χ1) is 8.06. The molecule has 17 heavy (non-hydrogen) atoms. The van der Waals surface area contributed by atoms with Crippen LogP contribution in [0.4, 0.5) is 0 Å². The summed E-state index contributed by atoms with van der Waals surface area (Å²) in [5, 5.41) is 0. The Morgan fingerprint density at radius 3 is 1.76 bits per heavy atom. The Bertz CT molecular complexity index is 126. The van der Waals surface area contributed by atoms with Crippen LogP contribution in [0.1, 0.15) is 34.6 Å². The molecule has 0 radical (unpaired) electrons. The number of hydrogen-bond donors (Lipinski definition) is 0. The van der Waals surface area contributed by atoms with E-state index in [-0.39, 0.29) is 0 Å². The molecule has 0 amide bonds. The second-order valence-corrected chi connectivity index (χ2v) is 4.70. The van der Waals surface area contributed by atoms with E-state index in [0.717, 1.165) is 32.2 Å². The zero-order valence-electron chi connectivity index (χ0n) is 13.1. The molecule has 1 aliphatic heterocycles. The molecule has 0 unspecified atom stereocenters. The molecule has 0 aromatic rings. The van der Waals surface area contributed by atoms with Crippen LogP contribution in [-0.2, 0) is 4.74 Å². The van der Waals surface area contributed by atoms with Crippen molar-refractivity contribution in [2.24, 2.45) is 5.92 Å². The Morgan fingerprint density at radius 1 is 1.12 bits per heavy atom. The average molecular weight is 246 g/mol. The average Bonchev–Trinajstić information content (AvgIpc) is 2.32. The molecule has 1 heterocycles.